The maximum absolute atomic E-state index is 5.94. The zero-order valence-corrected chi connectivity index (χ0v) is 11.5. The van der Waals surface area contributed by atoms with Crippen LogP contribution in [0.1, 0.15) is 11.9 Å². The van der Waals surface area contributed by atoms with Gasteiger partial charge in [0.2, 0.25) is 6.29 Å². The Morgan fingerprint density at radius 1 is 1.10 bits per heavy atom. The van der Waals surface area contributed by atoms with Crippen LogP contribution in [-0.4, -0.2) is 39.3 Å². The molecule has 0 spiro atoms. The van der Waals surface area contributed by atoms with Gasteiger partial charge in [-0.1, -0.05) is 30.3 Å². The molecule has 0 bridgehead atoms. The Labute approximate surface area is 118 Å². The molecule has 0 saturated carbocycles. The molecule has 0 aromatic heterocycles. The lowest BCUT2D eigenvalue weighted by molar-refractivity contribution is -0.288. The van der Waals surface area contributed by atoms with Crippen LogP contribution in [0.3, 0.4) is 0 Å². The summed E-state index contributed by atoms with van der Waals surface area (Å²) >= 11 is 0. The van der Waals surface area contributed by atoms with Gasteiger partial charge in [-0.2, -0.15) is 0 Å². The average molecular weight is 278 g/mol. The fourth-order valence-corrected chi connectivity index (χ4v) is 2.40. The molecule has 1 aromatic carbocycles. The van der Waals surface area contributed by atoms with Crippen molar-refractivity contribution in [1.82, 2.24) is 0 Å². The maximum atomic E-state index is 5.94. The Hall–Kier alpha value is -1.40. The summed E-state index contributed by atoms with van der Waals surface area (Å²) < 4.78 is 27.9. The number of hydrogen-bond acceptors (Lipinski definition) is 5. The zero-order chi connectivity index (χ0) is 13.9. The molecule has 2 aliphatic rings. The molecule has 0 aliphatic carbocycles. The molecule has 108 valence electrons. The highest BCUT2D eigenvalue weighted by atomic mass is 16.7. The minimum absolute atomic E-state index is 0.182. The number of fused-ring (bicyclic) bond motifs is 1. The van der Waals surface area contributed by atoms with Crippen LogP contribution in [0.5, 0.6) is 0 Å². The van der Waals surface area contributed by atoms with Crippen molar-refractivity contribution in [1.29, 1.82) is 0 Å². The molecule has 5 heteroatoms. The van der Waals surface area contributed by atoms with Crippen molar-refractivity contribution in [3.63, 3.8) is 0 Å². The Kier molecular flexibility index (Phi) is 4.03. The van der Waals surface area contributed by atoms with E-state index < -0.39 is 6.29 Å². The number of methoxy groups -OCH3 is 2. The van der Waals surface area contributed by atoms with Crippen LogP contribution >= 0.6 is 0 Å². The first-order valence-electron chi connectivity index (χ1n) is 6.58. The van der Waals surface area contributed by atoms with E-state index in [1.165, 1.54) is 0 Å². The van der Waals surface area contributed by atoms with Gasteiger partial charge in [0, 0.05) is 12.7 Å². The smallest absolute Gasteiger partial charge is 0.216 e. The molecule has 0 amide bonds. The third-order valence-corrected chi connectivity index (χ3v) is 3.44. The fraction of sp³-hybridized carbons (Fsp3) is 0.467. The first-order chi connectivity index (χ1) is 9.81. The molecule has 1 fully saturated rings. The fourth-order valence-electron chi connectivity index (χ4n) is 2.40. The molecule has 1 unspecified atom stereocenters. The Morgan fingerprint density at radius 3 is 2.60 bits per heavy atom. The minimum atomic E-state index is -0.498. The number of rotatable bonds is 3. The lowest BCUT2D eigenvalue weighted by atomic mass is 10.1. The molecule has 1 aromatic rings. The second-order valence-electron chi connectivity index (χ2n) is 4.69. The quantitative estimate of drug-likeness (QED) is 0.846. The van der Waals surface area contributed by atoms with E-state index in [1.54, 1.807) is 14.2 Å². The van der Waals surface area contributed by atoms with E-state index in [0.29, 0.717) is 12.4 Å². The molecule has 2 heterocycles. The van der Waals surface area contributed by atoms with Gasteiger partial charge < -0.3 is 23.7 Å². The second-order valence-corrected chi connectivity index (χ2v) is 4.69. The summed E-state index contributed by atoms with van der Waals surface area (Å²) in [6.45, 7) is 0.456. The molecule has 20 heavy (non-hydrogen) atoms. The summed E-state index contributed by atoms with van der Waals surface area (Å²) in [5, 5.41) is 0. The summed E-state index contributed by atoms with van der Waals surface area (Å²) in [5.41, 5.74) is 0.993. The highest BCUT2D eigenvalue weighted by molar-refractivity contribution is 5.17. The van der Waals surface area contributed by atoms with E-state index >= 15 is 0 Å². The van der Waals surface area contributed by atoms with E-state index in [2.05, 4.69) is 0 Å². The highest BCUT2D eigenvalue weighted by Gasteiger charge is 2.39. The number of benzene rings is 1. The van der Waals surface area contributed by atoms with Crippen molar-refractivity contribution in [2.24, 2.45) is 0 Å². The largest absolute Gasteiger partial charge is 0.496 e. The van der Waals surface area contributed by atoms with Crippen LogP contribution in [0.2, 0.25) is 0 Å². The first kappa shape index (κ1) is 13.6. The third-order valence-electron chi connectivity index (χ3n) is 3.44. The van der Waals surface area contributed by atoms with E-state index in [0.717, 1.165) is 5.56 Å². The number of hydrogen-bond donors (Lipinski definition) is 0. The molecule has 5 nitrogen and oxygen atoms in total. The minimum Gasteiger partial charge on any atom is -0.496 e. The normalized spacial score (nSPS) is 33.2. The van der Waals surface area contributed by atoms with Crippen LogP contribution in [-0.2, 0) is 23.7 Å². The predicted molar refractivity (Wildman–Crippen MR) is 70.8 cm³/mol. The summed E-state index contributed by atoms with van der Waals surface area (Å²) in [5.74, 6) is 0.627. The first-order valence-corrected chi connectivity index (χ1v) is 6.58. The van der Waals surface area contributed by atoms with E-state index in [9.17, 15) is 0 Å². The van der Waals surface area contributed by atoms with Crippen LogP contribution in [0.4, 0.5) is 0 Å². The van der Waals surface area contributed by atoms with Crippen LogP contribution in [0.25, 0.3) is 0 Å². The standard InChI is InChI=1S/C15H18O5/c1-16-12-8-11-13(20-15(12)17-2)9-18-14(19-11)10-6-4-3-5-7-10/h3-8,11,13-15H,9H2,1-2H3/t11-,13+,14?,15+/m0/s1. The number of ether oxygens (including phenoxy) is 5. The van der Waals surface area contributed by atoms with Gasteiger partial charge in [-0.25, -0.2) is 0 Å². The Balaban J connectivity index is 1.77. The average Bonchev–Trinajstić information content (AvgIpc) is 2.53. The van der Waals surface area contributed by atoms with Gasteiger partial charge in [0.25, 0.3) is 0 Å². The van der Waals surface area contributed by atoms with Crippen molar-refractivity contribution in [2.45, 2.75) is 24.8 Å². The van der Waals surface area contributed by atoms with Crippen molar-refractivity contribution in [2.75, 3.05) is 20.8 Å². The zero-order valence-electron chi connectivity index (χ0n) is 11.5. The van der Waals surface area contributed by atoms with E-state index in [4.69, 9.17) is 23.7 Å². The lowest BCUT2D eigenvalue weighted by Crippen LogP contribution is -2.47. The van der Waals surface area contributed by atoms with Gasteiger partial charge >= 0.3 is 0 Å². The molecule has 4 atom stereocenters. The molecular weight excluding hydrogens is 260 g/mol. The van der Waals surface area contributed by atoms with Gasteiger partial charge in [-0.15, -0.1) is 0 Å². The van der Waals surface area contributed by atoms with Crippen LogP contribution in [0, 0.1) is 0 Å². The van der Waals surface area contributed by atoms with E-state index in [1.807, 2.05) is 36.4 Å². The predicted octanol–water partition coefficient (Wildman–Crippen LogP) is 2.00. The summed E-state index contributed by atoms with van der Waals surface area (Å²) in [6.07, 6.45) is 0.645. The van der Waals surface area contributed by atoms with Gasteiger partial charge in [0.05, 0.1) is 13.7 Å². The molecule has 3 rings (SSSR count). The monoisotopic (exact) mass is 278 g/mol. The van der Waals surface area contributed by atoms with Gasteiger partial charge in [0.1, 0.15) is 12.2 Å². The Bertz CT molecular complexity index is 472. The van der Waals surface area contributed by atoms with E-state index in [-0.39, 0.29) is 18.5 Å². The van der Waals surface area contributed by atoms with Gasteiger partial charge in [0.15, 0.2) is 12.0 Å². The van der Waals surface area contributed by atoms with Crippen molar-refractivity contribution in [3.8, 4) is 0 Å². The maximum Gasteiger partial charge on any atom is 0.216 e. The molecule has 0 radical (unpaired) electrons. The van der Waals surface area contributed by atoms with Crippen LogP contribution in [0.15, 0.2) is 42.2 Å². The lowest BCUT2D eigenvalue weighted by Gasteiger charge is -2.39. The van der Waals surface area contributed by atoms with Crippen molar-refractivity contribution < 1.29 is 23.7 Å². The summed E-state index contributed by atoms with van der Waals surface area (Å²) in [4.78, 5) is 0. The topological polar surface area (TPSA) is 46.2 Å². The summed E-state index contributed by atoms with van der Waals surface area (Å²) in [7, 11) is 3.17. The molecular formula is C15H18O5. The highest BCUT2D eigenvalue weighted by Crippen LogP contribution is 2.32. The van der Waals surface area contributed by atoms with Crippen molar-refractivity contribution in [3.05, 3.63) is 47.7 Å². The molecule has 0 N–H and O–H groups in total. The second kappa shape index (κ2) is 5.93. The SMILES string of the molecule is COC1=C[C@@H]2OC(c3ccccc3)OC[C@H]2O[C@H]1OC. The summed E-state index contributed by atoms with van der Waals surface area (Å²) in [6, 6.07) is 9.85. The van der Waals surface area contributed by atoms with Crippen LogP contribution < -0.4 is 0 Å². The molecule has 2 aliphatic heterocycles. The molecule has 1 saturated heterocycles. The van der Waals surface area contributed by atoms with Crippen molar-refractivity contribution >= 4 is 0 Å². The van der Waals surface area contributed by atoms with Gasteiger partial charge in [-0.3, -0.25) is 0 Å². The Morgan fingerprint density at radius 2 is 1.90 bits per heavy atom. The van der Waals surface area contributed by atoms with Gasteiger partial charge in [-0.05, 0) is 6.08 Å². The third kappa shape index (κ3) is 2.58.